The van der Waals surface area contributed by atoms with Gasteiger partial charge in [-0.05, 0) is 36.4 Å². The Labute approximate surface area is 164 Å². The minimum Gasteiger partial charge on any atom is -0.378 e. The van der Waals surface area contributed by atoms with Crippen LogP contribution in [0.2, 0.25) is 10.0 Å². The van der Waals surface area contributed by atoms with Crippen molar-refractivity contribution in [3.8, 4) is 0 Å². The van der Waals surface area contributed by atoms with Gasteiger partial charge in [-0.1, -0.05) is 29.3 Å². The molecule has 0 atom stereocenters. The number of hydrogen-bond acceptors (Lipinski definition) is 3. The van der Waals surface area contributed by atoms with Crippen LogP contribution in [0.15, 0.2) is 42.5 Å². The molecule has 3 rings (SSSR count). The topological polar surface area (TPSA) is 38.8 Å². The van der Waals surface area contributed by atoms with Gasteiger partial charge in [-0.2, -0.15) is 0 Å². The van der Waals surface area contributed by atoms with Crippen molar-refractivity contribution in [2.75, 3.05) is 55.4 Å². The van der Waals surface area contributed by atoms with Crippen molar-refractivity contribution < 1.29 is 4.79 Å². The Hall–Kier alpha value is -2.11. The number of carbonyl (C=O) groups excluding carboxylic acids is 1. The molecule has 0 unspecified atom stereocenters. The molecular formula is C19H22Cl2N4O. The Morgan fingerprint density at radius 2 is 1.54 bits per heavy atom. The Kier molecular flexibility index (Phi) is 5.79. The van der Waals surface area contributed by atoms with Crippen molar-refractivity contribution >= 4 is 46.3 Å². The highest BCUT2D eigenvalue weighted by molar-refractivity contribution is 6.39. The van der Waals surface area contributed by atoms with Crippen LogP contribution >= 0.6 is 23.2 Å². The number of nitrogens with zero attached hydrogens (tertiary/aromatic N) is 3. The van der Waals surface area contributed by atoms with E-state index in [-0.39, 0.29) is 6.03 Å². The van der Waals surface area contributed by atoms with Gasteiger partial charge in [-0.15, -0.1) is 0 Å². The van der Waals surface area contributed by atoms with Gasteiger partial charge in [-0.3, -0.25) is 0 Å². The highest BCUT2D eigenvalue weighted by Gasteiger charge is 2.23. The molecule has 2 aromatic carbocycles. The first kappa shape index (κ1) is 18.7. The predicted octanol–water partition coefficient (Wildman–Crippen LogP) is 4.41. The fourth-order valence-corrected chi connectivity index (χ4v) is 3.61. The molecule has 1 heterocycles. The van der Waals surface area contributed by atoms with Gasteiger partial charge < -0.3 is 20.0 Å². The van der Waals surface area contributed by atoms with Gasteiger partial charge in [-0.25, -0.2) is 4.79 Å². The van der Waals surface area contributed by atoms with E-state index < -0.39 is 0 Å². The van der Waals surface area contributed by atoms with Crippen LogP contribution in [0.1, 0.15) is 0 Å². The Balaban J connectivity index is 1.58. The summed E-state index contributed by atoms with van der Waals surface area (Å²) >= 11 is 12.6. The molecule has 0 aliphatic carbocycles. The lowest BCUT2D eigenvalue weighted by atomic mass is 10.2. The third-order valence-corrected chi connectivity index (χ3v) is 5.07. The lowest BCUT2D eigenvalue weighted by Gasteiger charge is -2.36. The smallest absolute Gasteiger partial charge is 0.321 e. The molecule has 1 aliphatic heterocycles. The fraction of sp³-hybridized carbons (Fsp3) is 0.316. The molecular weight excluding hydrogens is 371 g/mol. The zero-order valence-corrected chi connectivity index (χ0v) is 16.4. The van der Waals surface area contributed by atoms with Gasteiger partial charge in [0.05, 0.1) is 15.7 Å². The number of benzene rings is 2. The Morgan fingerprint density at radius 1 is 0.962 bits per heavy atom. The second kappa shape index (κ2) is 8.06. The maximum Gasteiger partial charge on any atom is 0.321 e. The van der Waals surface area contributed by atoms with E-state index in [1.54, 1.807) is 4.90 Å². The molecule has 0 aromatic heterocycles. The molecule has 26 heavy (non-hydrogen) atoms. The molecule has 1 fully saturated rings. The molecule has 1 saturated heterocycles. The summed E-state index contributed by atoms with van der Waals surface area (Å²) in [6.07, 6.45) is 0. The third-order valence-electron chi connectivity index (χ3n) is 4.46. The van der Waals surface area contributed by atoms with Crippen LogP contribution in [0.4, 0.5) is 21.9 Å². The number of rotatable bonds is 3. The van der Waals surface area contributed by atoms with Gasteiger partial charge in [0, 0.05) is 51.6 Å². The summed E-state index contributed by atoms with van der Waals surface area (Å²) in [5.41, 5.74) is 2.72. The lowest BCUT2D eigenvalue weighted by Crippen LogP contribution is -2.50. The van der Waals surface area contributed by atoms with Crippen molar-refractivity contribution in [2.24, 2.45) is 0 Å². The number of halogens is 2. The molecule has 0 radical (unpaired) electrons. The molecule has 7 heteroatoms. The first-order valence-electron chi connectivity index (χ1n) is 8.48. The lowest BCUT2D eigenvalue weighted by molar-refractivity contribution is 0.208. The summed E-state index contributed by atoms with van der Waals surface area (Å²) < 4.78 is 0. The van der Waals surface area contributed by atoms with Crippen molar-refractivity contribution in [1.29, 1.82) is 0 Å². The number of nitrogens with one attached hydrogen (secondary N) is 1. The molecule has 2 aromatic rings. The number of amides is 2. The summed E-state index contributed by atoms with van der Waals surface area (Å²) in [6, 6.07) is 13.2. The van der Waals surface area contributed by atoms with Gasteiger partial charge >= 0.3 is 6.03 Å². The standard InChI is InChI=1S/C19H22Cl2N4O/c1-23(2)15-8-6-14(7-9-15)22-19(26)25-12-10-24(11-13-25)18-16(20)4-3-5-17(18)21/h3-9H,10-13H2,1-2H3,(H,22,26). The van der Waals surface area contributed by atoms with Gasteiger partial charge in [0.1, 0.15) is 0 Å². The first-order chi connectivity index (χ1) is 12.5. The number of anilines is 3. The molecule has 138 valence electrons. The third kappa shape index (κ3) is 4.17. The molecule has 2 amide bonds. The Morgan fingerprint density at radius 3 is 2.08 bits per heavy atom. The second-order valence-corrected chi connectivity index (χ2v) is 7.23. The average molecular weight is 393 g/mol. The zero-order valence-electron chi connectivity index (χ0n) is 14.9. The van der Waals surface area contributed by atoms with E-state index in [2.05, 4.69) is 10.2 Å². The molecule has 1 N–H and O–H groups in total. The van der Waals surface area contributed by atoms with Crippen molar-refractivity contribution in [3.05, 3.63) is 52.5 Å². The van der Waals surface area contributed by atoms with E-state index in [0.29, 0.717) is 36.2 Å². The molecule has 1 aliphatic rings. The zero-order chi connectivity index (χ0) is 18.7. The number of urea groups is 1. The fourth-order valence-electron chi connectivity index (χ4n) is 2.97. The number of hydrogen-bond donors (Lipinski definition) is 1. The monoisotopic (exact) mass is 392 g/mol. The summed E-state index contributed by atoms with van der Waals surface area (Å²) in [4.78, 5) is 18.4. The SMILES string of the molecule is CN(C)c1ccc(NC(=O)N2CCN(c3c(Cl)cccc3Cl)CC2)cc1. The number of para-hydroxylation sites is 1. The highest BCUT2D eigenvalue weighted by Crippen LogP contribution is 2.34. The van der Waals surface area contributed by atoms with E-state index in [1.807, 2.05) is 61.5 Å². The Bertz CT molecular complexity index is 751. The quantitative estimate of drug-likeness (QED) is 0.840. The summed E-state index contributed by atoms with van der Waals surface area (Å²) in [6.45, 7) is 2.61. The first-order valence-corrected chi connectivity index (χ1v) is 9.23. The second-order valence-electron chi connectivity index (χ2n) is 6.42. The van der Waals surface area contributed by atoms with Crippen LogP contribution in [0.5, 0.6) is 0 Å². The molecule has 0 spiro atoms. The molecule has 0 bridgehead atoms. The molecule has 5 nitrogen and oxygen atoms in total. The summed E-state index contributed by atoms with van der Waals surface area (Å²) in [5, 5.41) is 4.22. The van der Waals surface area contributed by atoms with Crippen molar-refractivity contribution in [1.82, 2.24) is 4.90 Å². The number of piperazine rings is 1. The largest absolute Gasteiger partial charge is 0.378 e. The van der Waals surface area contributed by atoms with Crippen LogP contribution < -0.4 is 15.1 Å². The van der Waals surface area contributed by atoms with Gasteiger partial charge in [0.2, 0.25) is 0 Å². The summed E-state index contributed by atoms with van der Waals surface area (Å²) in [7, 11) is 3.97. The minimum absolute atomic E-state index is 0.0903. The summed E-state index contributed by atoms with van der Waals surface area (Å²) in [5.74, 6) is 0. The number of carbonyl (C=O) groups is 1. The maximum atomic E-state index is 12.5. The van der Waals surface area contributed by atoms with Crippen LogP contribution in [-0.4, -0.2) is 51.2 Å². The van der Waals surface area contributed by atoms with Crippen molar-refractivity contribution in [2.45, 2.75) is 0 Å². The van der Waals surface area contributed by atoms with E-state index in [9.17, 15) is 4.79 Å². The van der Waals surface area contributed by atoms with E-state index in [1.165, 1.54) is 0 Å². The minimum atomic E-state index is -0.0903. The van der Waals surface area contributed by atoms with Crippen LogP contribution in [-0.2, 0) is 0 Å². The van der Waals surface area contributed by atoms with Crippen molar-refractivity contribution in [3.63, 3.8) is 0 Å². The van der Waals surface area contributed by atoms with E-state index >= 15 is 0 Å². The van der Waals surface area contributed by atoms with Crippen LogP contribution in [0, 0.1) is 0 Å². The normalized spacial score (nSPS) is 14.3. The maximum absolute atomic E-state index is 12.5. The molecule has 0 saturated carbocycles. The highest BCUT2D eigenvalue weighted by atomic mass is 35.5. The predicted molar refractivity (Wildman–Crippen MR) is 110 cm³/mol. The average Bonchev–Trinajstić information content (AvgIpc) is 2.62. The van der Waals surface area contributed by atoms with E-state index in [4.69, 9.17) is 23.2 Å². The van der Waals surface area contributed by atoms with Crippen LogP contribution in [0.3, 0.4) is 0 Å². The van der Waals surface area contributed by atoms with E-state index in [0.717, 1.165) is 17.1 Å². The van der Waals surface area contributed by atoms with Gasteiger partial charge in [0.25, 0.3) is 0 Å². The van der Waals surface area contributed by atoms with Crippen LogP contribution in [0.25, 0.3) is 0 Å². The van der Waals surface area contributed by atoms with Gasteiger partial charge in [0.15, 0.2) is 0 Å².